The number of amides is 1. The third-order valence-electron chi connectivity index (χ3n) is 5.23. The number of carbonyl (C=O) groups is 2. The van der Waals surface area contributed by atoms with Crippen LogP contribution < -0.4 is 14.4 Å². The fourth-order valence-electron chi connectivity index (χ4n) is 3.52. The summed E-state index contributed by atoms with van der Waals surface area (Å²) in [6.45, 7) is 2.77. The zero-order chi connectivity index (χ0) is 20.9. The number of fused-ring (bicyclic) bond motifs is 1. The highest BCUT2D eigenvalue weighted by atomic mass is 16.7. The Labute approximate surface area is 174 Å². The Balaban J connectivity index is 1.34. The molecule has 9 heteroatoms. The van der Waals surface area contributed by atoms with Gasteiger partial charge in [-0.05, 0) is 30.7 Å². The van der Waals surface area contributed by atoms with Crippen molar-refractivity contribution in [2.24, 2.45) is 0 Å². The van der Waals surface area contributed by atoms with E-state index in [1.165, 1.54) is 7.11 Å². The van der Waals surface area contributed by atoms with Crippen LogP contribution in [-0.4, -0.2) is 66.8 Å². The summed E-state index contributed by atoms with van der Waals surface area (Å²) in [6.07, 6.45) is 2.87. The lowest BCUT2D eigenvalue weighted by Crippen LogP contribution is -2.49. The number of aromatic nitrogens is 2. The van der Waals surface area contributed by atoms with Crippen molar-refractivity contribution in [1.82, 2.24) is 14.9 Å². The SMILES string of the molecule is COC(=O)CCCC(=O)N1CCN(c2nccc(-c3ccc4c(c3)OCO4)n2)CC1. The van der Waals surface area contributed by atoms with Crippen molar-refractivity contribution in [1.29, 1.82) is 0 Å². The van der Waals surface area contributed by atoms with Gasteiger partial charge in [0.05, 0.1) is 12.8 Å². The predicted octanol–water partition coefficient (Wildman–Crippen LogP) is 1.86. The van der Waals surface area contributed by atoms with Crippen molar-refractivity contribution < 1.29 is 23.8 Å². The highest BCUT2D eigenvalue weighted by molar-refractivity contribution is 5.77. The van der Waals surface area contributed by atoms with Gasteiger partial charge in [0.2, 0.25) is 18.6 Å². The van der Waals surface area contributed by atoms with Crippen molar-refractivity contribution in [3.63, 3.8) is 0 Å². The number of nitrogens with zero attached hydrogens (tertiary/aromatic N) is 4. The first-order valence-corrected chi connectivity index (χ1v) is 9.96. The number of hydrogen-bond acceptors (Lipinski definition) is 8. The minimum absolute atomic E-state index is 0.0635. The molecule has 1 aromatic carbocycles. The van der Waals surface area contributed by atoms with Gasteiger partial charge in [0.15, 0.2) is 11.5 Å². The molecule has 1 fully saturated rings. The first kappa shape index (κ1) is 19.9. The first-order valence-electron chi connectivity index (χ1n) is 9.96. The van der Waals surface area contributed by atoms with Gasteiger partial charge in [-0.25, -0.2) is 9.97 Å². The van der Waals surface area contributed by atoms with E-state index in [9.17, 15) is 9.59 Å². The van der Waals surface area contributed by atoms with Crippen molar-refractivity contribution in [3.05, 3.63) is 30.5 Å². The third-order valence-corrected chi connectivity index (χ3v) is 5.23. The number of ether oxygens (including phenoxy) is 3. The van der Waals surface area contributed by atoms with Crippen LogP contribution in [0.4, 0.5) is 5.95 Å². The second kappa shape index (κ2) is 8.98. The molecule has 158 valence electrons. The molecule has 1 saturated heterocycles. The fraction of sp³-hybridized carbons (Fsp3) is 0.429. The van der Waals surface area contributed by atoms with Crippen LogP contribution in [0.15, 0.2) is 30.5 Å². The van der Waals surface area contributed by atoms with Gasteiger partial charge in [-0.3, -0.25) is 9.59 Å². The van der Waals surface area contributed by atoms with Gasteiger partial charge < -0.3 is 24.0 Å². The molecule has 2 aliphatic rings. The molecule has 2 aliphatic heterocycles. The highest BCUT2D eigenvalue weighted by Crippen LogP contribution is 2.35. The zero-order valence-corrected chi connectivity index (χ0v) is 16.9. The van der Waals surface area contributed by atoms with Crippen LogP contribution in [-0.2, 0) is 14.3 Å². The van der Waals surface area contributed by atoms with E-state index in [1.54, 1.807) is 6.20 Å². The van der Waals surface area contributed by atoms with E-state index >= 15 is 0 Å². The highest BCUT2D eigenvalue weighted by Gasteiger charge is 2.23. The number of methoxy groups -OCH3 is 1. The Morgan fingerprint density at radius 2 is 1.87 bits per heavy atom. The molecular formula is C21H24N4O5. The standard InChI is InChI=1S/C21H24N4O5/c1-28-20(27)4-2-3-19(26)24-9-11-25(12-10-24)21-22-8-7-16(23-21)15-5-6-17-18(13-15)30-14-29-17/h5-8,13H,2-4,9-12,14H2,1H3. The summed E-state index contributed by atoms with van der Waals surface area (Å²) < 4.78 is 15.4. The van der Waals surface area contributed by atoms with Crippen LogP contribution in [0, 0.1) is 0 Å². The number of rotatable bonds is 6. The molecule has 0 saturated carbocycles. The Bertz CT molecular complexity index is 927. The van der Waals surface area contributed by atoms with Gasteiger partial charge >= 0.3 is 5.97 Å². The van der Waals surface area contributed by atoms with Gasteiger partial charge in [0, 0.05) is 50.8 Å². The van der Waals surface area contributed by atoms with Crippen molar-refractivity contribution >= 4 is 17.8 Å². The molecule has 0 atom stereocenters. The summed E-state index contributed by atoms with van der Waals surface area (Å²) in [5.74, 6) is 1.87. The smallest absolute Gasteiger partial charge is 0.305 e. The van der Waals surface area contributed by atoms with Crippen LogP contribution in [0.2, 0.25) is 0 Å². The van der Waals surface area contributed by atoms with Crippen molar-refractivity contribution in [2.75, 3.05) is 45.0 Å². The predicted molar refractivity (Wildman–Crippen MR) is 108 cm³/mol. The normalized spacial score (nSPS) is 15.2. The number of carbonyl (C=O) groups excluding carboxylic acids is 2. The number of piperazine rings is 1. The van der Waals surface area contributed by atoms with Crippen LogP contribution in [0.5, 0.6) is 11.5 Å². The fourth-order valence-corrected chi connectivity index (χ4v) is 3.52. The largest absolute Gasteiger partial charge is 0.469 e. The van der Waals surface area contributed by atoms with Gasteiger partial charge in [0.1, 0.15) is 0 Å². The third kappa shape index (κ3) is 4.45. The van der Waals surface area contributed by atoms with Crippen molar-refractivity contribution in [3.8, 4) is 22.8 Å². The van der Waals surface area contributed by atoms with Gasteiger partial charge in [-0.15, -0.1) is 0 Å². The second-order valence-electron chi connectivity index (χ2n) is 7.11. The molecule has 4 rings (SSSR count). The Hall–Kier alpha value is -3.36. The minimum atomic E-state index is -0.285. The van der Waals surface area contributed by atoms with E-state index in [1.807, 2.05) is 29.2 Å². The molecular weight excluding hydrogens is 388 g/mol. The molecule has 0 unspecified atom stereocenters. The summed E-state index contributed by atoms with van der Waals surface area (Å²) in [5.41, 5.74) is 1.74. The molecule has 0 radical (unpaired) electrons. The van der Waals surface area contributed by atoms with Crippen LogP contribution in [0.25, 0.3) is 11.3 Å². The van der Waals surface area contributed by atoms with E-state index in [-0.39, 0.29) is 25.1 Å². The summed E-state index contributed by atoms with van der Waals surface area (Å²) in [5, 5.41) is 0. The van der Waals surface area contributed by atoms with Gasteiger partial charge in [-0.1, -0.05) is 0 Å². The number of esters is 1. The lowest BCUT2D eigenvalue weighted by Gasteiger charge is -2.34. The van der Waals surface area contributed by atoms with E-state index in [0.717, 1.165) is 17.0 Å². The average Bonchev–Trinajstić information content (AvgIpc) is 3.27. The van der Waals surface area contributed by atoms with Gasteiger partial charge in [-0.2, -0.15) is 0 Å². The van der Waals surface area contributed by atoms with Crippen LogP contribution in [0.1, 0.15) is 19.3 Å². The maximum Gasteiger partial charge on any atom is 0.305 e. The Kier molecular flexibility index (Phi) is 5.97. The maximum absolute atomic E-state index is 12.3. The molecule has 0 spiro atoms. The second-order valence-corrected chi connectivity index (χ2v) is 7.11. The lowest BCUT2D eigenvalue weighted by atomic mass is 10.1. The topological polar surface area (TPSA) is 94.1 Å². The quantitative estimate of drug-likeness (QED) is 0.664. The average molecular weight is 412 g/mol. The van der Waals surface area contributed by atoms with Crippen LogP contribution >= 0.6 is 0 Å². The van der Waals surface area contributed by atoms with E-state index in [0.29, 0.717) is 50.7 Å². The van der Waals surface area contributed by atoms with E-state index < -0.39 is 0 Å². The molecule has 9 nitrogen and oxygen atoms in total. The molecule has 2 aromatic rings. The number of hydrogen-bond donors (Lipinski definition) is 0. The number of anilines is 1. The first-order chi connectivity index (χ1) is 14.6. The number of benzene rings is 1. The molecule has 1 aromatic heterocycles. The lowest BCUT2D eigenvalue weighted by molar-refractivity contribution is -0.140. The maximum atomic E-state index is 12.3. The molecule has 1 amide bonds. The molecule has 3 heterocycles. The molecule has 0 bridgehead atoms. The van der Waals surface area contributed by atoms with E-state index in [2.05, 4.69) is 14.6 Å². The monoisotopic (exact) mass is 412 g/mol. The van der Waals surface area contributed by atoms with Crippen molar-refractivity contribution in [2.45, 2.75) is 19.3 Å². The molecule has 0 aliphatic carbocycles. The van der Waals surface area contributed by atoms with Gasteiger partial charge in [0.25, 0.3) is 0 Å². The summed E-state index contributed by atoms with van der Waals surface area (Å²) in [6, 6.07) is 7.61. The zero-order valence-electron chi connectivity index (χ0n) is 16.9. The Morgan fingerprint density at radius 1 is 1.07 bits per heavy atom. The summed E-state index contributed by atoms with van der Waals surface area (Å²) >= 11 is 0. The minimum Gasteiger partial charge on any atom is -0.469 e. The molecule has 30 heavy (non-hydrogen) atoms. The summed E-state index contributed by atoms with van der Waals surface area (Å²) in [4.78, 5) is 36.5. The summed E-state index contributed by atoms with van der Waals surface area (Å²) in [7, 11) is 1.35. The molecule has 0 N–H and O–H groups in total. The van der Waals surface area contributed by atoms with E-state index in [4.69, 9.17) is 14.5 Å². The Morgan fingerprint density at radius 3 is 2.67 bits per heavy atom. The van der Waals surface area contributed by atoms with Crippen LogP contribution in [0.3, 0.4) is 0 Å².